The standard InChI is InChI=1S/C28H29N5O3S/c1-28(2,3)21-9-11-22(12-10-21)33(27(35)24-18-37-32-31-24)25(20-6-5-15-29-17-20)26(34)30-16-19-7-13-23(36-4)14-8-19/h5-15,17-18,25H,16H2,1-4H3,(H,30,34)/t25-/m0/s1. The van der Waals surface area contributed by atoms with Crippen molar-refractivity contribution in [2.45, 2.75) is 38.8 Å². The summed E-state index contributed by atoms with van der Waals surface area (Å²) in [7, 11) is 1.60. The molecule has 4 rings (SSSR count). The van der Waals surface area contributed by atoms with Crippen LogP contribution in [0.25, 0.3) is 0 Å². The lowest BCUT2D eigenvalue weighted by atomic mass is 9.87. The van der Waals surface area contributed by atoms with Crippen LogP contribution in [0.4, 0.5) is 5.69 Å². The number of carbonyl (C=O) groups is 2. The lowest BCUT2D eigenvalue weighted by Gasteiger charge is -2.31. The van der Waals surface area contributed by atoms with Gasteiger partial charge in [0.05, 0.1) is 7.11 Å². The van der Waals surface area contributed by atoms with Gasteiger partial charge in [-0.3, -0.25) is 19.5 Å². The zero-order valence-corrected chi connectivity index (χ0v) is 22.0. The summed E-state index contributed by atoms with van der Waals surface area (Å²) in [5.41, 5.74) is 3.26. The molecule has 8 nitrogen and oxygen atoms in total. The number of hydrogen-bond acceptors (Lipinski definition) is 7. The molecule has 0 aliphatic carbocycles. The third-order valence-electron chi connectivity index (χ3n) is 5.94. The van der Waals surface area contributed by atoms with Crippen molar-refractivity contribution < 1.29 is 14.3 Å². The zero-order valence-electron chi connectivity index (χ0n) is 21.2. The van der Waals surface area contributed by atoms with Gasteiger partial charge in [0.1, 0.15) is 11.8 Å². The van der Waals surface area contributed by atoms with Crippen molar-refractivity contribution in [3.8, 4) is 5.75 Å². The first-order valence-corrected chi connectivity index (χ1v) is 12.6. The number of hydrogen-bond donors (Lipinski definition) is 1. The van der Waals surface area contributed by atoms with Gasteiger partial charge >= 0.3 is 0 Å². The van der Waals surface area contributed by atoms with Crippen LogP contribution in [0, 0.1) is 0 Å². The van der Waals surface area contributed by atoms with Crippen molar-refractivity contribution in [3.63, 3.8) is 0 Å². The van der Waals surface area contributed by atoms with Crippen LogP contribution in [0.15, 0.2) is 78.4 Å². The van der Waals surface area contributed by atoms with E-state index in [-0.39, 0.29) is 23.6 Å². The normalized spacial score (nSPS) is 12.0. The third-order valence-corrected chi connectivity index (χ3v) is 6.45. The molecule has 9 heteroatoms. The Morgan fingerprint density at radius 3 is 2.35 bits per heavy atom. The fourth-order valence-corrected chi connectivity index (χ4v) is 4.30. The molecule has 2 heterocycles. The van der Waals surface area contributed by atoms with Gasteiger partial charge in [0.15, 0.2) is 5.69 Å². The second-order valence-electron chi connectivity index (χ2n) is 9.52. The van der Waals surface area contributed by atoms with Gasteiger partial charge < -0.3 is 10.1 Å². The van der Waals surface area contributed by atoms with E-state index in [0.29, 0.717) is 11.3 Å². The van der Waals surface area contributed by atoms with Gasteiger partial charge in [0, 0.05) is 35.6 Å². The molecule has 1 N–H and O–H groups in total. The number of carbonyl (C=O) groups excluding carboxylic acids is 2. The number of benzene rings is 2. The summed E-state index contributed by atoms with van der Waals surface area (Å²) in [5, 5.41) is 8.55. The Morgan fingerprint density at radius 2 is 1.78 bits per heavy atom. The van der Waals surface area contributed by atoms with Gasteiger partial charge in [-0.25, -0.2) is 0 Å². The number of aromatic nitrogens is 3. The van der Waals surface area contributed by atoms with Crippen LogP contribution in [-0.4, -0.2) is 33.5 Å². The topological polar surface area (TPSA) is 97.3 Å². The van der Waals surface area contributed by atoms with E-state index >= 15 is 0 Å². The summed E-state index contributed by atoms with van der Waals surface area (Å²) in [6.45, 7) is 6.65. The first-order chi connectivity index (χ1) is 17.8. The molecule has 0 spiro atoms. The van der Waals surface area contributed by atoms with Crippen molar-refractivity contribution in [1.82, 2.24) is 19.9 Å². The molecule has 0 unspecified atom stereocenters. The van der Waals surface area contributed by atoms with E-state index in [1.807, 2.05) is 48.5 Å². The molecule has 190 valence electrons. The van der Waals surface area contributed by atoms with E-state index in [1.54, 1.807) is 37.0 Å². The molecule has 2 aromatic heterocycles. The largest absolute Gasteiger partial charge is 0.497 e. The average molecular weight is 516 g/mol. The predicted octanol–water partition coefficient (Wildman–Crippen LogP) is 4.94. The van der Waals surface area contributed by atoms with Crippen molar-refractivity contribution in [2.75, 3.05) is 12.0 Å². The van der Waals surface area contributed by atoms with E-state index in [0.717, 1.165) is 28.4 Å². The molecule has 0 aliphatic rings. The average Bonchev–Trinajstić information content (AvgIpc) is 3.46. The Morgan fingerprint density at radius 1 is 1.05 bits per heavy atom. The highest BCUT2D eigenvalue weighted by molar-refractivity contribution is 7.03. The molecule has 37 heavy (non-hydrogen) atoms. The minimum atomic E-state index is -0.985. The molecule has 0 bridgehead atoms. The smallest absolute Gasteiger partial charge is 0.280 e. The molecule has 0 saturated heterocycles. The molecule has 2 amide bonds. The molecule has 4 aromatic rings. The van der Waals surface area contributed by atoms with Crippen LogP contribution in [0.1, 0.15) is 54.0 Å². The van der Waals surface area contributed by atoms with E-state index in [9.17, 15) is 9.59 Å². The molecule has 2 aromatic carbocycles. The Balaban J connectivity index is 1.73. The first-order valence-electron chi connectivity index (χ1n) is 11.8. The van der Waals surface area contributed by atoms with Crippen LogP contribution >= 0.6 is 11.5 Å². The Kier molecular flexibility index (Phi) is 7.93. The van der Waals surface area contributed by atoms with Gasteiger partial charge in [-0.1, -0.05) is 55.6 Å². The third kappa shape index (κ3) is 6.18. The Hall–Kier alpha value is -4.11. The molecule has 0 fully saturated rings. The summed E-state index contributed by atoms with van der Waals surface area (Å²) in [5.74, 6) is -0.0402. The maximum Gasteiger partial charge on any atom is 0.280 e. The van der Waals surface area contributed by atoms with Gasteiger partial charge in [-0.05, 0) is 58.4 Å². The monoisotopic (exact) mass is 515 g/mol. The number of methoxy groups -OCH3 is 1. The summed E-state index contributed by atoms with van der Waals surface area (Å²) < 4.78 is 9.07. The maximum atomic E-state index is 13.8. The van der Waals surface area contributed by atoms with E-state index in [1.165, 1.54) is 4.90 Å². The highest BCUT2D eigenvalue weighted by Crippen LogP contribution is 2.32. The number of pyridine rings is 1. The number of amides is 2. The number of ether oxygens (including phenoxy) is 1. The van der Waals surface area contributed by atoms with Crippen molar-refractivity contribution >= 4 is 29.0 Å². The highest BCUT2D eigenvalue weighted by atomic mass is 32.1. The number of rotatable bonds is 8. The quantitative estimate of drug-likeness (QED) is 0.357. The molecular weight excluding hydrogens is 486 g/mol. The fraction of sp³-hybridized carbons (Fsp3) is 0.250. The molecule has 1 atom stereocenters. The Bertz CT molecular complexity index is 1320. The summed E-state index contributed by atoms with van der Waals surface area (Å²) >= 11 is 1.08. The minimum absolute atomic E-state index is 0.0648. The number of nitrogens with zero attached hydrogens (tertiary/aromatic N) is 4. The minimum Gasteiger partial charge on any atom is -0.497 e. The van der Waals surface area contributed by atoms with Gasteiger partial charge in [0.25, 0.3) is 5.91 Å². The molecule has 0 aliphatic heterocycles. The summed E-state index contributed by atoms with van der Waals surface area (Å²) in [6, 6.07) is 17.7. The second kappa shape index (κ2) is 11.3. The summed E-state index contributed by atoms with van der Waals surface area (Å²) in [4.78, 5) is 33.2. The SMILES string of the molecule is COc1ccc(CNC(=O)[C@H](c2cccnc2)N(C(=O)c2csnn2)c2ccc(C(C)(C)C)cc2)cc1. The predicted molar refractivity (Wildman–Crippen MR) is 144 cm³/mol. The lowest BCUT2D eigenvalue weighted by Crippen LogP contribution is -2.44. The van der Waals surface area contributed by atoms with E-state index in [4.69, 9.17) is 4.74 Å². The second-order valence-corrected chi connectivity index (χ2v) is 10.1. The Labute approximate surface area is 220 Å². The van der Waals surface area contributed by atoms with Crippen LogP contribution in [0.2, 0.25) is 0 Å². The van der Waals surface area contributed by atoms with E-state index < -0.39 is 11.9 Å². The van der Waals surface area contributed by atoms with Crippen molar-refractivity contribution in [2.24, 2.45) is 0 Å². The number of nitrogens with one attached hydrogen (secondary N) is 1. The molecule has 0 radical (unpaired) electrons. The maximum absolute atomic E-state index is 13.8. The first kappa shape index (κ1) is 26.0. The van der Waals surface area contributed by atoms with Crippen LogP contribution < -0.4 is 15.0 Å². The van der Waals surface area contributed by atoms with Crippen LogP contribution in [0.5, 0.6) is 5.75 Å². The van der Waals surface area contributed by atoms with Gasteiger partial charge in [-0.15, -0.1) is 5.10 Å². The molecule has 0 saturated carbocycles. The fourth-order valence-electron chi connectivity index (χ4n) is 3.87. The van der Waals surface area contributed by atoms with Crippen LogP contribution in [-0.2, 0) is 16.8 Å². The van der Waals surface area contributed by atoms with Crippen molar-refractivity contribution in [1.29, 1.82) is 0 Å². The van der Waals surface area contributed by atoms with Gasteiger partial charge in [0.2, 0.25) is 5.91 Å². The summed E-state index contributed by atoms with van der Waals surface area (Å²) in [6.07, 6.45) is 3.23. The number of anilines is 1. The van der Waals surface area contributed by atoms with Crippen LogP contribution in [0.3, 0.4) is 0 Å². The lowest BCUT2D eigenvalue weighted by molar-refractivity contribution is -0.122. The highest BCUT2D eigenvalue weighted by Gasteiger charge is 2.34. The zero-order chi connectivity index (χ0) is 26.4. The molecular formula is C28H29N5O3S. The van der Waals surface area contributed by atoms with E-state index in [2.05, 4.69) is 40.7 Å². The van der Waals surface area contributed by atoms with Crippen molar-refractivity contribution in [3.05, 3.63) is 101 Å². The van der Waals surface area contributed by atoms with Gasteiger partial charge in [-0.2, -0.15) is 0 Å².